The summed E-state index contributed by atoms with van der Waals surface area (Å²) in [6.45, 7) is 3.67. The summed E-state index contributed by atoms with van der Waals surface area (Å²) < 4.78 is 5.23. The van der Waals surface area contributed by atoms with Crippen LogP contribution in [0.25, 0.3) is 11.3 Å². The molecule has 1 aromatic heterocycles. The van der Waals surface area contributed by atoms with Crippen LogP contribution >= 0.6 is 11.6 Å². The minimum atomic E-state index is -0.245. The van der Waals surface area contributed by atoms with Crippen molar-refractivity contribution in [3.05, 3.63) is 40.6 Å². The molecule has 1 aliphatic rings. The molecule has 2 amide bonds. The lowest BCUT2D eigenvalue weighted by Gasteiger charge is -2.20. The summed E-state index contributed by atoms with van der Waals surface area (Å²) >= 11 is 6.23. The second kappa shape index (κ2) is 9.04. The van der Waals surface area contributed by atoms with E-state index in [2.05, 4.69) is 10.5 Å². The maximum Gasteiger partial charge on any atom is 0.257 e. The van der Waals surface area contributed by atoms with E-state index in [0.29, 0.717) is 53.5 Å². The molecule has 7 heteroatoms. The molecule has 0 unspecified atom stereocenters. The summed E-state index contributed by atoms with van der Waals surface area (Å²) in [5.74, 6) is 0.422. The lowest BCUT2D eigenvalue weighted by Crippen LogP contribution is -2.34. The van der Waals surface area contributed by atoms with E-state index >= 15 is 0 Å². The van der Waals surface area contributed by atoms with Gasteiger partial charge in [-0.1, -0.05) is 41.4 Å². The molecule has 27 heavy (non-hydrogen) atoms. The minimum Gasteiger partial charge on any atom is -0.360 e. The number of nitrogens with one attached hydrogen (secondary N) is 1. The Hall–Kier alpha value is -2.34. The fraction of sp³-hybridized carbons (Fsp3) is 0.450. The zero-order valence-corrected chi connectivity index (χ0v) is 16.2. The number of halogens is 1. The number of likely N-dealkylation sites (tertiary alicyclic amines) is 1. The summed E-state index contributed by atoms with van der Waals surface area (Å²) in [7, 11) is 0. The molecule has 0 saturated carbocycles. The van der Waals surface area contributed by atoms with Gasteiger partial charge in [0.1, 0.15) is 17.0 Å². The van der Waals surface area contributed by atoms with E-state index in [1.54, 1.807) is 19.1 Å². The second-order valence-electron chi connectivity index (χ2n) is 6.74. The third-order valence-corrected chi connectivity index (χ3v) is 5.11. The summed E-state index contributed by atoms with van der Waals surface area (Å²) in [6, 6.07) is 7.22. The van der Waals surface area contributed by atoms with E-state index in [0.717, 1.165) is 25.8 Å². The van der Waals surface area contributed by atoms with Crippen molar-refractivity contribution in [3.63, 3.8) is 0 Å². The van der Waals surface area contributed by atoms with Gasteiger partial charge in [0.2, 0.25) is 5.91 Å². The highest BCUT2D eigenvalue weighted by Gasteiger charge is 2.23. The number of carbonyl (C=O) groups is 2. The smallest absolute Gasteiger partial charge is 0.257 e. The Morgan fingerprint density at radius 2 is 2.11 bits per heavy atom. The van der Waals surface area contributed by atoms with Crippen LogP contribution in [0.1, 0.15) is 48.2 Å². The van der Waals surface area contributed by atoms with Gasteiger partial charge in [0, 0.05) is 31.6 Å². The first kappa shape index (κ1) is 19.4. The van der Waals surface area contributed by atoms with Crippen LogP contribution in [0.15, 0.2) is 28.8 Å². The van der Waals surface area contributed by atoms with Gasteiger partial charge in [0.05, 0.1) is 5.02 Å². The molecule has 0 spiro atoms. The van der Waals surface area contributed by atoms with Crippen molar-refractivity contribution in [1.82, 2.24) is 15.4 Å². The van der Waals surface area contributed by atoms with E-state index < -0.39 is 0 Å². The number of amides is 2. The van der Waals surface area contributed by atoms with Crippen molar-refractivity contribution in [1.29, 1.82) is 0 Å². The number of rotatable bonds is 6. The first-order chi connectivity index (χ1) is 13.1. The predicted octanol–water partition coefficient (Wildman–Crippen LogP) is 3.83. The van der Waals surface area contributed by atoms with Gasteiger partial charge in [-0.2, -0.15) is 0 Å². The Morgan fingerprint density at radius 1 is 1.30 bits per heavy atom. The molecule has 2 heterocycles. The number of aryl methyl sites for hydroxylation is 1. The number of aromatic nitrogens is 1. The first-order valence-corrected chi connectivity index (χ1v) is 9.73. The van der Waals surface area contributed by atoms with Gasteiger partial charge >= 0.3 is 0 Å². The van der Waals surface area contributed by atoms with Gasteiger partial charge in [-0.15, -0.1) is 0 Å². The molecule has 0 aliphatic carbocycles. The van der Waals surface area contributed by atoms with Gasteiger partial charge in [0.15, 0.2) is 0 Å². The zero-order valence-electron chi connectivity index (χ0n) is 15.5. The summed E-state index contributed by atoms with van der Waals surface area (Å²) in [4.78, 5) is 26.6. The fourth-order valence-corrected chi connectivity index (χ4v) is 3.54. The van der Waals surface area contributed by atoms with Crippen LogP contribution < -0.4 is 5.32 Å². The zero-order chi connectivity index (χ0) is 19.2. The second-order valence-corrected chi connectivity index (χ2v) is 7.15. The maximum absolute atomic E-state index is 12.7. The van der Waals surface area contributed by atoms with Gasteiger partial charge < -0.3 is 14.7 Å². The number of carbonyl (C=O) groups excluding carboxylic acids is 2. The highest BCUT2D eigenvalue weighted by atomic mass is 35.5. The molecule has 1 aromatic carbocycles. The summed E-state index contributed by atoms with van der Waals surface area (Å²) in [5.41, 5.74) is 1.50. The monoisotopic (exact) mass is 389 g/mol. The number of benzene rings is 1. The molecule has 1 fully saturated rings. The minimum absolute atomic E-state index is 0.217. The Morgan fingerprint density at radius 3 is 2.93 bits per heavy atom. The highest BCUT2D eigenvalue weighted by molar-refractivity contribution is 6.33. The average molecular weight is 390 g/mol. The van der Waals surface area contributed by atoms with Crippen LogP contribution in [-0.4, -0.2) is 41.5 Å². The summed E-state index contributed by atoms with van der Waals surface area (Å²) in [6.07, 6.45) is 4.48. The fourth-order valence-electron chi connectivity index (χ4n) is 3.31. The lowest BCUT2D eigenvalue weighted by molar-refractivity contribution is -0.130. The normalized spacial score (nSPS) is 14.9. The van der Waals surface area contributed by atoms with Crippen molar-refractivity contribution in [3.8, 4) is 11.3 Å². The lowest BCUT2D eigenvalue weighted by atomic mass is 10.1. The Kier molecular flexibility index (Phi) is 6.50. The molecule has 6 nitrogen and oxygen atoms in total. The van der Waals surface area contributed by atoms with E-state index in [-0.39, 0.29) is 11.8 Å². The van der Waals surface area contributed by atoms with Crippen LogP contribution in [0, 0.1) is 6.92 Å². The van der Waals surface area contributed by atoms with Crippen molar-refractivity contribution < 1.29 is 14.1 Å². The average Bonchev–Trinajstić information content (AvgIpc) is 2.92. The van der Waals surface area contributed by atoms with Crippen molar-refractivity contribution in [2.24, 2.45) is 0 Å². The van der Waals surface area contributed by atoms with Gasteiger partial charge in [-0.05, 0) is 32.3 Å². The third-order valence-electron chi connectivity index (χ3n) is 4.78. The van der Waals surface area contributed by atoms with Crippen LogP contribution in [0.3, 0.4) is 0 Å². The van der Waals surface area contributed by atoms with Crippen LogP contribution in [0.5, 0.6) is 0 Å². The van der Waals surface area contributed by atoms with E-state index in [1.807, 2.05) is 17.0 Å². The molecule has 144 valence electrons. The van der Waals surface area contributed by atoms with Crippen molar-refractivity contribution >= 4 is 23.4 Å². The van der Waals surface area contributed by atoms with Crippen LogP contribution in [0.2, 0.25) is 5.02 Å². The molecular weight excluding hydrogens is 366 g/mol. The van der Waals surface area contributed by atoms with Gasteiger partial charge in [-0.25, -0.2) is 0 Å². The molecule has 3 rings (SSSR count). The third kappa shape index (κ3) is 4.69. The molecule has 0 radical (unpaired) electrons. The quantitative estimate of drug-likeness (QED) is 0.762. The number of hydrogen-bond acceptors (Lipinski definition) is 4. The molecule has 1 aliphatic heterocycles. The molecule has 0 bridgehead atoms. The van der Waals surface area contributed by atoms with Gasteiger partial charge in [0.25, 0.3) is 5.91 Å². The molecule has 1 N–H and O–H groups in total. The topological polar surface area (TPSA) is 75.4 Å². The SMILES string of the molecule is Cc1onc(-c2ccccc2Cl)c1C(=O)NCCCN1CCCCCC1=O. The largest absolute Gasteiger partial charge is 0.360 e. The van der Waals surface area contributed by atoms with E-state index in [9.17, 15) is 9.59 Å². The molecule has 0 atom stereocenters. The number of nitrogens with zero attached hydrogens (tertiary/aromatic N) is 2. The maximum atomic E-state index is 12.7. The Labute approximate surface area is 163 Å². The standard InChI is InChI=1S/C20H24ClN3O3/c1-14-18(19(23-27-14)15-8-4-5-9-16(15)21)20(26)22-11-7-13-24-12-6-2-3-10-17(24)25/h4-5,8-9H,2-3,6-7,10-13H2,1H3,(H,22,26). The van der Waals surface area contributed by atoms with E-state index in [1.165, 1.54) is 0 Å². The Balaban J connectivity index is 1.60. The number of hydrogen-bond donors (Lipinski definition) is 1. The van der Waals surface area contributed by atoms with Crippen LogP contribution in [0.4, 0.5) is 0 Å². The van der Waals surface area contributed by atoms with Crippen molar-refractivity contribution in [2.75, 3.05) is 19.6 Å². The molecule has 2 aromatic rings. The molecule has 1 saturated heterocycles. The van der Waals surface area contributed by atoms with Gasteiger partial charge in [-0.3, -0.25) is 9.59 Å². The first-order valence-electron chi connectivity index (χ1n) is 9.35. The summed E-state index contributed by atoms with van der Waals surface area (Å²) in [5, 5.41) is 7.44. The highest BCUT2D eigenvalue weighted by Crippen LogP contribution is 2.30. The Bertz CT molecular complexity index is 819. The predicted molar refractivity (Wildman–Crippen MR) is 104 cm³/mol. The molecular formula is C20H24ClN3O3. The van der Waals surface area contributed by atoms with Crippen LogP contribution in [-0.2, 0) is 4.79 Å². The van der Waals surface area contributed by atoms with E-state index in [4.69, 9.17) is 16.1 Å². The van der Waals surface area contributed by atoms with Crippen molar-refractivity contribution in [2.45, 2.75) is 39.0 Å².